The van der Waals surface area contributed by atoms with E-state index in [1.54, 1.807) is 6.07 Å². The molecule has 1 radical (unpaired) electrons. The summed E-state index contributed by atoms with van der Waals surface area (Å²) in [5.41, 5.74) is 26.7. The molecule has 0 amide bonds. The standard InChI is InChI=1S/C63H57BN3O.C13H11FN.Ir/c1-60(2,3)37-20-23-51-44(29-37)46-31-39(62(7,8)9)33-48-57(46)66(51)53-26-36(35-19-22-41-42-16-15-17-43(50-18-13-14-25-65-50)59(42)68-55(41)28-35)27-54-56(53)64(48)49-34-40(63(10,11)12)32-47-45-30-38(61(4,5)6)21-24-52(45)67(54)58(47)49;1-9-7-13(15-8-10(9)2)11-3-5-12(14)6-4-11;/h13-16,18-34H,1-12H3;3,5-8H,1-2H3;/q2*-1;. The Hall–Kier alpha value is -7.90. The molecule has 0 atom stereocenters. The molecule has 13 aromatic rings. The van der Waals surface area contributed by atoms with Crippen LogP contribution in [0.2, 0.25) is 0 Å². The molecule has 0 spiro atoms. The van der Waals surface area contributed by atoms with Gasteiger partial charge >= 0.3 is 0 Å². The molecule has 8 aromatic carbocycles. The van der Waals surface area contributed by atoms with Gasteiger partial charge in [-0.15, -0.1) is 48.0 Å². The molecule has 84 heavy (non-hydrogen) atoms. The third kappa shape index (κ3) is 8.80. The Kier molecular flexibility index (Phi) is 12.7. The van der Waals surface area contributed by atoms with Crippen LogP contribution in [0.5, 0.6) is 0 Å². The zero-order valence-electron chi connectivity index (χ0n) is 50.5. The maximum absolute atomic E-state index is 12.7. The monoisotopic (exact) mass is 1280 g/mol. The van der Waals surface area contributed by atoms with Gasteiger partial charge in [0.15, 0.2) is 0 Å². The number of nitrogens with zero attached hydrogens (tertiary/aromatic N) is 4. The van der Waals surface area contributed by atoms with E-state index in [1.165, 1.54) is 111 Å². The summed E-state index contributed by atoms with van der Waals surface area (Å²) in [6, 6.07) is 59.3. The predicted octanol–water partition coefficient (Wildman–Crippen LogP) is 17.9. The fraction of sp³-hybridized carbons (Fsp3) is 0.237. The van der Waals surface area contributed by atoms with Crippen LogP contribution >= 0.6 is 0 Å². The quantitative estimate of drug-likeness (QED) is 0.131. The number of aromatic nitrogens is 4. The number of fused-ring (bicyclic) bond motifs is 13. The van der Waals surface area contributed by atoms with Crippen LogP contribution in [0, 0.1) is 31.8 Å². The second-order valence-corrected chi connectivity index (χ2v) is 27.6. The molecule has 2 aliphatic heterocycles. The molecule has 7 heterocycles. The van der Waals surface area contributed by atoms with E-state index in [9.17, 15) is 4.39 Å². The Labute approximate surface area is 506 Å². The fourth-order valence-corrected chi connectivity index (χ4v) is 13.0. The maximum atomic E-state index is 12.7. The maximum Gasteiger partial charge on any atom is 0.252 e. The van der Waals surface area contributed by atoms with E-state index >= 15 is 0 Å². The van der Waals surface area contributed by atoms with E-state index in [0.717, 1.165) is 61.1 Å². The van der Waals surface area contributed by atoms with E-state index in [0.29, 0.717) is 0 Å². The van der Waals surface area contributed by atoms with Gasteiger partial charge < -0.3 is 23.5 Å². The van der Waals surface area contributed by atoms with Crippen molar-refractivity contribution in [1.29, 1.82) is 0 Å². The van der Waals surface area contributed by atoms with Crippen molar-refractivity contribution in [2.24, 2.45) is 0 Å². The van der Waals surface area contributed by atoms with Gasteiger partial charge in [-0.1, -0.05) is 154 Å². The van der Waals surface area contributed by atoms with Crippen LogP contribution in [0.15, 0.2) is 162 Å². The molecule has 5 nitrogen and oxygen atoms in total. The van der Waals surface area contributed by atoms with E-state index in [-0.39, 0.29) is 54.3 Å². The number of rotatable bonds is 3. The van der Waals surface area contributed by atoms with Gasteiger partial charge in [0.2, 0.25) is 0 Å². The van der Waals surface area contributed by atoms with Crippen molar-refractivity contribution in [2.75, 3.05) is 0 Å². The van der Waals surface area contributed by atoms with E-state index in [2.05, 4.69) is 211 Å². The van der Waals surface area contributed by atoms with Crippen LogP contribution < -0.4 is 16.4 Å². The van der Waals surface area contributed by atoms with Crippen LogP contribution in [-0.4, -0.2) is 25.8 Å². The first-order valence-electron chi connectivity index (χ1n) is 29.3. The third-order valence-electron chi connectivity index (χ3n) is 17.9. The van der Waals surface area contributed by atoms with Crippen molar-refractivity contribution in [3.8, 4) is 45.0 Å². The number of hydrogen-bond acceptors (Lipinski definition) is 3. The second kappa shape index (κ2) is 19.3. The normalized spacial score (nSPS) is 13.1. The molecule has 5 aromatic heterocycles. The molecule has 2 aliphatic rings. The molecule has 0 aliphatic carbocycles. The zero-order valence-corrected chi connectivity index (χ0v) is 52.9. The number of furan rings is 1. The molecule has 0 saturated heterocycles. The van der Waals surface area contributed by atoms with Gasteiger partial charge in [-0.2, -0.15) is 0 Å². The number of benzene rings is 8. The summed E-state index contributed by atoms with van der Waals surface area (Å²) in [6.07, 6.45) is 3.65. The smallest absolute Gasteiger partial charge is 0.252 e. The van der Waals surface area contributed by atoms with Crippen molar-refractivity contribution >= 4 is 88.7 Å². The van der Waals surface area contributed by atoms with Gasteiger partial charge in [0.1, 0.15) is 5.58 Å². The molecule has 0 bridgehead atoms. The first-order valence-corrected chi connectivity index (χ1v) is 29.3. The minimum Gasteiger partial charge on any atom is -0.501 e. The van der Waals surface area contributed by atoms with Crippen molar-refractivity contribution < 1.29 is 28.9 Å². The SMILES string of the molecule is CC(C)(C)c1ccc2c(c1)c1cc(C(C)(C)C)cc3c1n2-c1cc(-c2ccc4c(c2)oc2c(-c5ccccn5)[c-]ccc24)cc2c1B3c1cc(C(C)(C)C)cc3c4cc(C(C)(C)C)ccc4n-2c13.Cc1cnc(-c2[c-]cc(F)cc2)cc1C.[Ir]. The van der Waals surface area contributed by atoms with Crippen LogP contribution in [0.3, 0.4) is 0 Å². The van der Waals surface area contributed by atoms with Gasteiger partial charge in [-0.25, -0.2) is 0 Å². The molecular formula is C76H68BFIrN4O-2. The summed E-state index contributed by atoms with van der Waals surface area (Å²) in [7, 11) is 0. The van der Waals surface area contributed by atoms with Gasteiger partial charge in [-0.3, -0.25) is 4.39 Å². The summed E-state index contributed by atoms with van der Waals surface area (Å²) in [6.45, 7) is 32.3. The van der Waals surface area contributed by atoms with Gasteiger partial charge in [0.05, 0.1) is 16.6 Å². The number of pyridine rings is 2. The molecule has 0 saturated carbocycles. The first-order chi connectivity index (χ1) is 39.4. The van der Waals surface area contributed by atoms with E-state index in [1.807, 2.05) is 56.6 Å². The summed E-state index contributed by atoms with van der Waals surface area (Å²) < 4.78 is 24.8. The first kappa shape index (κ1) is 55.3. The Morgan fingerprint density at radius 2 is 1.08 bits per heavy atom. The summed E-state index contributed by atoms with van der Waals surface area (Å²) in [5.74, 6) is -0.275. The van der Waals surface area contributed by atoms with Crippen LogP contribution in [0.1, 0.15) is 116 Å². The molecule has 419 valence electrons. The Balaban J connectivity index is 0.000000359. The minimum absolute atomic E-state index is 0. The molecule has 0 N–H and O–H groups in total. The Morgan fingerprint density at radius 3 is 1.61 bits per heavy atom. The Morgan fingerprint density at radius 1 is 0.500 bits per heavy atom. The van der Waals surface area contributed by atoms with Gasteiger partial charge in [-0.05, 0) is 163 Å². The second-order valence-electron chi connectivity index (χ2n) is 27.6. The molecule has 0 fully saturated rings. The largest absolute Gasteiger partial charge is 0.501 e. The topological polar surface area (TPSA) is 48.8 Å². The van der Waals surface area contributed by atoms with Crippen molar-refractivity contribution in [3.05, 3.63) is 209 Å². The van der Waals surface area contributed by atoms with Gasteiger partial charge in [0.25, 0.3) is 6.71 Å². The number of halogens is 1. The molecular weight excluding hydrogens is 1210 g/mol. The van der Waals surface area contributed by atoms with Crippen LogP contribution in [0.25, 0.3) is 111 Å². The predicted molar refractivity (Wildman–Crippen MR) is 347 cm³/mol. The van der Waals surface area contributed by atoms with Crippen molar-refractivity contribution in [2.45, 2.75) is 119 Å². The third-order valence-corrected chi connectivity index (χ3v) is 17.9. The fourth-order valence-electron chi connectivity index (χ4n) is 13.0. The van der Waals surface area contributed by atoms with Crippen molar-refractivity contribution in [3.63, 3.8) is 0 Å². The van der Waals surface area contributed by atoms with Crippen LogP contribution in [0.4, 0.5) is 4.39 Å². The van der Waals surface area contributed by atoms with E-state index in [4.69, 9.17) is 4.42 Å². The average molecular weight is 1280 g/mol. The number of hydrogen-bond donors (Lipinski definition) is 0. The van der Waals surface area contributed by atoms with E-state index < -0.39 is 0 Å². The van der Waals surface area contributed by atoms with Crippen LogP contribution in [-0.2, 0) is 41.8 Å². The Bertz CT molecular complexity index is 4680. The summed E-state index contributed by atoms with van der Waals surface area (Å²) in [4.78, 5) is 8.96. The van der Waals surface area contributed by atoms with Crippen molar-refractivity contribution in [1.82, 2.24) is 19.1 Å². The average Bonchev–Trinajstić information content (AvgIpc) is 1.42. The molecule has 15 rings (SSSR count). The molecule has 8 heteroatoms. The zero-order chi connectivity index (χ0) is 58.0. The van der Waals surface area contributed by atoms with Gasteiger partial charge in [0, 0.05) is 87.7 Å². The molecule has 0 unspecified atom stereocenters. The minimum atomic E-state index is -0.275. The summed E-state index contributed by atoms with van der Waals surface area (Å²) in [5, 5.41) is 7.45. The number of aryl methyl sites for hydroxylation is 2. The summed E-state index contributed by atoms with van der Waals surface area (Å²) >= 11 is 0.